The van der Waals surface area contributed by atoms with Crippen molar-refractivity contribution in [3.8, 4) is 10.4 Å². The second kappa shape index (κ2) is 7.41. The summed E-state index contributed by atoms with van der Waals surface area (Å²) in [6.07, 6.45) is 0. The number of carbonyl (C=O) groups excluding carboxylic acids is 2. The maximum Gasteiger partial charge on any atom is 1.00 e. The van der Waals surface area contributed by atoms with E-state index >= 15 is 0 Å². The standard InChI is InChI=1S/C16H15N3O6S2.Na/c1-8-4-2-3-5-9(8)12-6-10-11-7-18(13(15(17)20)14(10)26-12)16(21)19(11)25-27(22,23)24;/h2-6,11,13H,7H2,1H3,(H3,17,20,22,23,24);/q;+1/p-1/t11-,13+;/m1./s1. The maximum absolute atomic E-state index is 12.5. The summed E-state index contributed by atoms with van der Waals surface area (Å²) in [6.45, 7) is 1.93. The molecule has 2 aliphatic heterocycles. The van der Waals surface area contributed by atoms with Crippen LogP contribution in [0.25, 0.3) is 16.2 Å². The zero-order valence-corrected chi connectivity index (χ0v) is 18.6. The van der Waals surface area contributed by atoms with E-state index in [9.17, 15) is 18.0 Å². The van der Waals surface area contributed by atoms with Gasteiger partial charge in [0.2, 0.25) is 0 Å². The van der Waals surface area contributed by atoms with Gasteiger partial charge in [-0.2, -0.15) is 13.5 Å². The monoisotopic (exact) mass is 431 g/mol. The van der Waals surface area contributed by atoms with Crippen molar-refractivity contribution in [3.05, 3.63) is 52.1 Å². The van der Waals surface area contributed by atoms with Gasteiger partial charge in [-0.15, -0.1) is 15.6 Å². The minimum atomic E-state index is -4.92. The molecule has 4 rings (SSSR count). The van der Waals surface area contributed by atoms with Crippen molar-refractivity contribution in [3.63, 3.8) is 0 Å². The molecule has 2 aliphatic rings. The summed E-state index contributed by atoms with van der Waals surface area (Å²) >= 11 is 1.28. The van der Waals surface area contributed by atoms with E-state index in [4.69, 9.17) is 10.3 Å². The molecule has 0 spiro atoms. The van der Waals surface area contributed by atoms with Crippen LogP contribution in [0.1, 0.15) is 28.1 Å². The Morgan fingerprint density at radius 2 is 2.04 bits per heavy atom. The first kappa shape index (κ1) is 21.2. The quantitative estimate of drug-likeness (QED) is 0.531. The molecule has 1 aromatic heterocycles. The topological polar surface area (TPSA) is 128 Å². The second-order valence-corrected chi connectivity index (χ2v) is 8.38. The minimum Gasteiger partial charge on any atom is -0.666 e. The summed E-state index contributed by atoms with van der Waals surface area (Å²) < 4.78 is 35.7. The molecule has 3 heterocycles. The molecule has 28 heavy (non-hydrogen) atoms. The summed E-state index contributed by atoms with van der Waals surface area (Å²) in [5.74, 6) is -0.977. The van der Waals surface area contributed by atoms with Crippen LogP contribution >= 0.6 is 11.3 Å². The van der Waals surface area contributed by atoms with Gasteiger partial charge in [-0.25, -0.2) is 4.79 Å². The van der Waals surface area contributed by atoms with Gasteiger partial charge >= 0.3 is 46.0 Å². The van der Waals surface area contributed by atoms with Gasteiger partial charge in [0.1, 0.15) is 12.1 Å². The first-order chi connectivity index (χ1) is 12.7. The van der Waals surface area contributed by atoms with Crippen LogP contribution in [0.5, 0.6) is 0 Å². The molecule has 12 heteroatoms. The van der Waals surface area contributed by atoms with Crippen LogP contribution in [0.15, 0.2) is 30.3 Å². The Hall–Kier alpha value is -1.47. The third kappa shape index (κ3) is 3.47. The Morgan fingerprint density at radius 1 is 1.36 bits per heavy atom. The van der Waals surface area contributed by atoms with E-state index in [-0.39, 0.29) is 36.1 Å². The van der Waals surface area contributed by atoms with Crippen molar-refractivity contribution in [1.82, 2.24) is 9.96 Å². The summed E-state index contributed by atoms with van der Waals surface area (Å²) in [7, 11) is -4.92. The van der Waals surface area contributed by atoms with Crippen molar-refractivity contribution < 1.29 is 56.4 Å². The van der Waals surface area contributed by atoms with E-state index in [1.54, 1.807) is 6.07 Å². The molecular formula is C16H14N3NaO6S2. The van der Waals surface area contributed by atoms with Gasteiger partial charge in [-0.1, -0.05) is 24.3 Å². The van der Waals surface area contributed by atoms with E-state index in [0.717, 1.165) is 20.9 Å². The largest absolute Gasteiger partial charge is 1.00 e. The third-order valence-electron chi connectivity index (χ3n) is 4.63. The SMILES string of the molecule is Cc1ccccc1-c1cc2c(s1)[C@@H](C([NH-])=O)N1C[C@H]2N(OS(=O)(=O)O)C1=O.[Na+]. The van der Waals surface area contributed by atoms with Crippen LogP contribution < -0.4 is 29.6 Å². The number of urea groups is 1. The number of amides is 3. The number of nitrogens with one attached hydrogen (secondary N) is 1. The molecule has 0 unspecified atom stereocenters. The fourth-order valence-electron chi connectivity index (χ4n) is 3.50. The van der Waals surface area contributed by atoms with E-state index in [0.29, 0.717) is 15.5 Å². The smallest absolute Gasteiger partial charge is 0.666 e. The normalized spacial score (nSPS) is 20.7. The van der Waals surface area contributed by atoms with Gasteiger partial charge in [0.15, 0.2) is 0 Å². The Morgan fingerprint density at radius 3 is 2.64 bits per heavy atom. The summed E-state index contributed by atoms with van der Waals surface area (Å²) in [5.41, 5.74) is 10.1. The van der Waals surface area contributed by atoms with Gasteiger partial charge in [-0.05, 0) is 29.7 Å². The molecule has 0 aliphatic carbocycles. The molecule has 9 nitrogen and oxygen atoms in total. The molecular weight excluding hydrogens is 417 g/mol. The molecule has 2 N–H and O–H groups in total. The number of benzene rings is 1. The number of aryl methyl sites for hydroxylation is 1. The van der Waals surface area contributed by atoms with Crippen LogP contribution in [-0.2, 0) is 19.5 Å². The van der Waals surface area contributed by atoms with Crippen molar-refractivity contribution in [2.75, 3.05) is 6.54 Å². The van der Waals surface area contributed by atoms with Crippen LogP contribution in [0.4, 0.5) is 4.79 Å². The Kier molecular flexibility index (Phi) is 5.62. The number of hydroxylamine groups is 2. The molecule has 2 aromatic rings. The fraction of sp³-hybridized carbons (Fsp3) is 0.250. The average Bonchev–Trinajstić information content (AvgIpc) is 3.11. The first-order valence-corrected chi connectivity index (χ1v) is 10.1. The predicted octanol–water partition coefficient (Wildman–Crippen LogP) is -0.126. The van der Waals surface area contributed by atoms with Crippen LogP contribution in [-0.4, -0.2) is 41.4 Å². The number of fused-ring (bicyclic) bond motifs is 4. The number of rotatable bonds is 4. The number of nitrogens with zero attached hydrogens (tertiary/aromatic N) is 2. The van der Waals surface area contributed by atoms with E-state index < -0.39 is 34.4 Å². The molecule has 0 saturated carbocycles. The molecule has 2 bridgehead atoms. The van der Waals surface area contributed by atoms with Crippen molar-refractivity contribution >= 4 is 33.7 Å². The summed E-state index contributed by atoms with van der Waals surface area (Å²) in [4.78, 5) is 26.8. The molecule has 1 fully saturated rings. The summed E-state index contributed by atoms with van der Waals surface area (Å²) in [6, 6.07) is 6.58. The first-order valence-electron chi connectivity index (χ1n) is 7.89. The molecule has 142 valence electrons. The number of hydrogen-bond donors (Lipinski definition) is 1. The Balaban J connectivity index is 0.00000225. The van der Waals surface area contributed by atoms with E-state index in [1.807, 2.05) is 31.2 Å². The molecule has 1 aromatic carbocycles. The second-order valence-electron chi connectivity index (χ2n) is 6.29. The number of hydrogen-bond acceptors (Lipinski definition) is 6. The van der Waals surface area contributed by atoms with Gasteiger partial charge in [0.25, 0.3) is 0 Å². The molecule has 2 atom stereocenters. The van der Waals surface area contributed by atoms with Crippen molar-refractivity contribution in [1.29, 1.82) is 0 Å². The Bertz CT molecular complexity index is 1070. The predicted molar refractivity (Wildman–Crippen MR) is 95.9 cm³/mol. The zero-order valence-electron chi connectivity index (χ0n) is 14.9. The van der Waals surface area contributed by atoms with Crippen LogP contribution in [0.2, 0.25) is 0 Å². The zero-order chi connectivity index (χ0) is 19.5. The third-order valence-corrected chi connectivity index (χ3v) is 6.22. The molecule has 3 amide bonds. The number of thiophene rings is 1. The van der Waals surface area contributed by atoms with Crippen LogP contribution in [0.3, 0.4) is 0 Å². The maximum atomic E-state index is 12.5. The van der Waals surface area contributed by atoms with Crippen LogP contribution in [0, 0.1) is 6.92 Å². The van der Waals surface area contributed by atoms with Crippen molar-refractivity contribution in [2.45, 2.75) is 19.0 Å². The van der Waals surface area contributed by atoms with E-state index in [2.05, 4.69) is 4.28 Å². The summed E-state index contributed by atoms with van der Waals surface area (Å²) in [5, 5.41) is 0.547. The molecule has 0 radical (unpaired) electrons. The average molecular weight is 431 g/mol. The van der Waals surface area contributed by atoms with Gasteiger partial charge in [0.05, 0.1) is 12.5 Å². The van der Waals surface area contributed by atoms with Gasteiger partial charge in [-0.3, -0.25) is 4.55 Å². The fourth-order valence-corrected chi connectivity index (χ4v) is 5.29. The van der Waals surface area contributed by atoms with Gasteiger partial charge < -0.3 is 15.4 Å². The Labute approximate surface area is 187 Å². The van der Waals surface area contributed by atoms with Crippen molar-refractivity contribution in [2.24, 2.45) is 0 Å². The minimum absolute atomic E-state index is 0. The van der Waals surface area contributed by atoms with E-state index in [1.165, 1.54) is 11.3 Å². The molecule has 1 saturated heterocycles. The van der Waals surface area contributed by atoms with Gasteiger partial charge in [0, 0.05) is 9.75 Å². The number of carbonyl (C=O) groups is 2.